The number of methoxy groups -OCH3 is 2. The van der Waals surface area contributed by atoms with Crippen molar-refractivity contribution in [2.45, 2.75) is 11.2 Å². The molecule has 0 amide bonds. The van der Waals surface area contributed by atoms with Gasteiger partial charge in [0.1, 0.15) is 11.2 Å². The lowest BCUT2D eigenvalue weighted by atomic mass is 9.81. The van der Waals surface area contributed by atoms with Gasteiger partial charge in [0.2, 0.25) is 0 Å². The molecule has 2 heteroatoms. The molecule has 0 bridgehead atoms. The highest BCUT2D eigenvalue weighted by atomic mass is 16.5. The van der Waals surface area contributed by atoms with Gasteiger partial charge in [-0.1, -0.05) is 36.1 Å². The molecular weight excluding hydrogens is 320 g/mol. The van der Waals surface area contributed by atoms with Crippen LogP contribution in [-0.4, -0.2) is 14.2 Å². The van der Waals surface area contributed by atoms with Crippen LogP contribution >= 0.6 is 0 Å². The van der Waals surface area contributed by atoms with E-state index in [9.17, 15) is 0 Å². The van der Waals surface area contributed by atoms with E-state index in [0.29, 0.717) is 0 Å². The van der Waals surface area contributed by atoms with Crippen LogP contribution in [0.15, 0.2) is 72.8 Å². The SMILES string of the molecule is C#Cc1ccc(C2(OC)C=CC(OC)(c3ccc(C#C)cc3)C=C2)cc1. The molecule has 2 nitrogen and oxygen atoms in total. The first-order valence-electron chi connectivity index (χ1n) is 8.27. The summed E-state index contributed by atoms with van der Waals surface area (Å²) in [5.41, 5.74) is 2.35. The minimum atomic E-state index is -0.659. The van der Waals surface area contributed by atoms with Crippen molar-refractivity contribution in [3.8, 4) is 24.7 Å². The molecule has 0 radical (unpaired) electrons. The van der Waals surface area contributed by atoms with E-state index in [1.807, 2.05) is 72.8 Å². The maximum Gasteiger partial charge on any atom is 0.129 e. The van der Waals surface area contributed by atoms with Crippen LogP contribution in [0.1, 0.15) is 22.3 Å². The predicted octanol–water partition coefficient (Wildman–Crippen LogP) is 4.16. The van der Waals surface area contributed by atoms with Crippen molar-refractivity contribution in [3.05, 3.63) is 95.1 Å². The maximum atomic E-state index is 5.84. The average Bonchev–Trinajstić information content (AvgIpc) is 2.74. The van der Waals surface area contributed by atoms with Gasteiger partial charge in [-0.15, -0.1) is 12.8 Å². The van der Waals surface area contributed by atoms with Crippen LogP contribution in [0.4, 0.5) is 0 Å². The Morgan fingerprint density at radius 3 is 1.15 bits per heavy atom. The van der Waals surface area contributed by atoms with E-state index >= 15 is 0 Å². The molecule has 1 aliphatic rings. The molecule has 0 aliphatic heterocycles. The van der Waals surface area contributed by atoms with Gasteiger partial charge in [0, 0.05) is 25.3 Å². The van der Waals surface area contributed by atoms with Gasteiger partial charge in [-0.05, 0) is 59.7 Å². The summed E-state index contributed by atoms with van der Waals surface area (Å²) < 4.78 is 11.7. The van der Waals surface area contributed by atoms with Gasteiger partial charge in [0.05, 0.1) is 0 Å². The van der Waals surface area contributed by atoms with E-state index in [0.717, 1.165) is 22.3 Å². The minimum Gasteiger partial charge on any atom is -0.365 e. The topological polar surface area (TPSA) is 18.5 Å². The summed E-state index contributed by atoms with van der Waals surface area (Å²) >= 11 is 0. The van der Waals surface area contributed by atoms with Gasteiger partial charge in [0.15, 0.2) is 0 Å². The Bertz CT molecular complexity index is 825. The zero-order valence-electron chi connectivity index (χ0n) is 14.9. The molecule has 0 saturated carbocycles. The number of hydrogen-bond acceptors (Lipinski definition) is 2. The number of hydrogen-bond donors (Lipinski definition) is 0. The van der Waals surface area contributed by atoms with Crippen molar-refractivity contribution >= 4 is 0 Å². The van der Waals surface area contributed by atoms with Gasteiger partial charge in [0.25, 0.3) is 0 Å². The standard InChI is InChI=1S/C24H20O2/c1-5-19-7-11-21(12-8-19)23(25-3)15-17-24(26-4,18-16-23)22-13-9-20(6-2)10-14-22/h1-2,7-18H,3-4H3. The summed E-state index contributed by atoms with van der Waals surface area (Å²) in [5.74, 6) is 5.26. The van der Waals surface area contributed by atoms with Crippen LogP contribution in [0.2, 0.25) is 0 Å². The summed E-state index contributed by atoms with van der Waals surface area (Å²) in [6.45, 7) is 0. The predicted molar refractivity (Wildman–Crippen MR) is 104 cm³/mol. The number of benzene rings is 2. The van der Waals surface area contributed by atoms with E-state index in [1.165, 1.54) is 0 Å². The van der Waals surface area contributed by atoms with Gasteiger partial charge >= 0.3 is 0 Å². The molecule has 26 heavy (non-hydrogen) atoms. The molecule has 2 aromatic carbocycles. The summed E-state index contributed by atoms with van der Waals surface area (Å²) in [5, 5.41) is 0. The van der Waals surface area contributed by atoms with Crippen molar-refractivity contribution in [1.29, 1.82) is 0 Å². The third kappa shape index (κ3) is 2.98. The molecule has 0 fully saturated rings. The maximum absolute atomic E-state index is 5.84. The second kappa shape index (κ2) is 7.06. The lowest BCUT2D eigenvalue weighted by molar-refractivity contribution is 0.0421. The Hall–Kier alpha value is -3.04. The van der Waals surface area contributed by atoms with Gasteiger partial charge < -0.3 is 9.47 Å². The molecule has 128 valence electrons. The highest BCUT2D eigenvalue weighted by Gasteiger charge is 2.36. The molecule has 0 atom stereocenters. The lowest BCUT2D eigenvalue weighted by Crippen LogP contribution is -2.33. The van der Waals surface area contributed by atoms with Crippen molar-refractivity contribution < 1.29 is 9.47 Å². The summed E-state index contributed by atoms with van der Waals surface area (Å²) in [6.07, 6.45) is 18.9. The fourth-order valence-corrected chi connectivity index (χ4v) is 3.15. The average molecular weight is 340 g/mol. The van der Waals surface area contributed by atoms with Crippen LogP contribution < -0.4 is 0 Å². The molecule has 0 heterocycles. The quantitative estimate of drug-likeness (QED) is 0.615. The number of ether oxygens (including phenoxy) is 2. The van der Waals surface area contributed by atoms with E-state index < -0.39 is 11.2 Å². The molecule has 2 aromatic rings. The van der Waals surface area contributed by atoms with Gasteiger partial charge in [-0.3, -0.25) is 0 Å². The highest BCUT2D eigenvalue weighted by Crippen LogP contribution is 2.39. The van der Waals surface area contributed by atoms with Crippen LogP contribution in [-0.2, 0) is 20.7 Å². The van der Waals surface area contributed by atoms with Crippen molar-refractivity contribution in [2.24, 2.45) is 0 Å². The molecule has 0 spiro atoms. The van der Waals surface area contributed by atoms with Crippen molar-refractivity contribution in [2.75, 3.05) is 14.2 Å². The zero-order chi connectivity index (χ0) is 18.6. The van der Waals surface area contributed by atoms with E-state index in [2.05, 4.69) is 11.8 Å². The first-order valence-corrected chi connectivity index (χ1v) is 8.27. The second-order valence-electron chi connectivity index (χ2n) is 6.10. The molecule has 3 rings (SSSR count). The van der Waals surface area contributed by atoms with Crippen LogP contribution in [0.5, 0.6) is 0 Å². The molecular formula is C24H20O2. The third-order valence-corrected chi connectivity index (χ3v) is 4.84. The van der Waals surface area contributed by atoms with Crippen LogP contribution in [0.3, 0.4) is 0 Å². The van der Waals surface area contributed by atoms with Crippen LogP contribution in [0, 0.1) is 24.7 Å². The Morgan fingerprint density at radius 1 is 0.615 bits per heavy atom. The first-order chi connectivity index (χ1) is 12.6. The molecule has 0 aromatic heterocycles. The Balaban J connectivity index is 1.98. The third-order valence-electron chi connectivity index (χ3n) is 4.84. The monoisotopic (exact) mass is 340 g/mol. The van der Waals surface area contributed by atoms with Crippen molar-refractivity contribution in [1.82, 2.24) is 0 Å². The normalized spacial score (nSPS) is 24.0. The smallest absolute Gasteiger partial charge is 0.129 e. The number of rotatable bonds is 4. The Morgan fingerprint density at radius 2 is 0.923 bits per heavy atom. The van der Waals surface area contributed by atoms with Crippen LogP contribution in [0.25, 0.3) is 0 Å². The summed E-state index contributed by atoms with van der Waals surface area (Å²) in [6, 6.07) is 15.6. The van der Waals surface area contributed by atoms with Crippen molar-refractivity contribution in [3.63, 3.8) is 0 Å². The summed E-state index contributed by atoms with van der Waals surface area (Å²) in [7, 11) is 3.37. The van der Waals surface area contributed by atoms with E-state index in [-0.39, 0.29) is 0 Å². The Kier molecular flexibility index (Phi) is 4.83. The highest BCUT2D eigenvalue weighted by molar-refractivity contribution is 5.47. The first kappa shape index (κ1) is 17.8. The van der Waals surface area contributed by atoms with E-state index in [1.54, 1.807) is 14.2 Å². The fourth-order valence-electron chi connectivity index (χ4n) is 3.15. The van der Waals surface area contributed by atoms with Gasteiger partial charge in [-0.25, -0.2) is 0 Å². The van der Waals surface area contributed by atoms with Gasteiger partial charge in [-0.2, -0.15) is 0 Å². The Labute approximate surface area is 155 Å². The lowest BCUT2D eigenvalue weighted by Gasteiger charge is -2.36. The summed E-state index contributed by atoms with van der Waals surface area (Å²) in [4.78, 5) is 0. The molecule has 1 aliphatic carbocycles. The zero-order valence-corrected chi connectivity index (χ0v) is 14.9. The largest absolute Gasteiger partial charge is 0.365 e. The fraction of sp³-hybridized carbons (Fsp3) is 0.167. The minimum absolute atomic E-state index is 0.659. The van der Waals surface area contributed by atoms with E-state index in [4.69, 9.17) is 22.3 Å². The molecule has 0 saturated heterocycles. The molecule has 0 N–H and O–H groups in total. The second-order valence-corrected chi connectivity index (χ2v) is 6.10. The number of terminal acetylenes is 2. The molecule has 0 unspecified atom stereocenters.